The topological polar surface area (TPSA) is 66.6 Å². The fourth-order valence-corrected chi connectivity index (χ4v) is 2.06. The molecular formula is C13H21N3O3. The molecule has 1 fully saturated rings. The van der Waals surface area contributed by atoms with Crippen LogP contribution in [-0.4, -0.2) is 62.4 Å². The largest absolute Gasteiger partial charge is 0.464 e. The lowest BCUT2D eigenvalue weighted by molar-refractivity contribution is 0.0384. The number of hydrogen-bond donors (Lipinski definition) is 2. The van der Waals surface area contributed by atoms with Crippen LogP contribution >= 0.6 is 0 Å². The number of carbonyl (C=O) groups excluding carboxylic acids is 1. The quantitative estimate of drug-likeness (QED) is 0.570. The first-order chi connectivity index (χ1) is 9.29. The molecule has 6 heteroatoms. The van der Waals surface area contributed by atoms with E-state index in [0.717, 1.165) is 51.6 Å². The van der Waals surface area contributed by atoms with E-state index in [1.165, 1.54) is 7.11 Å². The first-order valence-corrected chi connectivity index (χ1v) is 6.56. The molecule has 6 nitrogen and oxygen atoms in total. The van der Waals surface area contributed by atoms with Crippen molar-refractivity contribution in [2.75, 3.05) is 46.5 Å². The Balaban J connectivity index is 1.65. The molecule has 0 spiro atoms. The molecule has 1 aromatic rings. The highest BCUT2D eigenvalue weighted by Crippen LogP contribution is 2.03. The minimum absolute atomic E-state index is 0.334. The van der Waals surface area contributed by atoms with Crippen molar-refractivity contribution in [3.05, 3.63) is 23.5 Å². The van der Waals surface area contributed by atoms with Crippen molar-refractivity contribution in [2.45, 2.75) is 6.54 Å². The SMILES string of the molecule is COC(=O)c1ccc(CNCCN2CCOCC2)[nH]1. The zero-order chi connectivity index (χ0) is 13.5. The molecule has 1 saturated heterocycles. The van der Waals surface area contributed by atoms with E-state index in [9.17, 15) is 4.79 Å². The molecule has 0 aromatic carbocycles. The summed E-state index contributed by atoms with van der Waals surface area (Å²) in [5.74, 6) is -0.334. The fourth-order valence-electron chi connectivity index (χ4n) is 2.06. The summed E-state index contributed by atoms with van der Waals surface area (Å²) in [7, 11) is 1.38. The van der Waals surface area contributed by atoms with Gasteiger partial charge in [-0.25, -0.2) is 4.79 Å². The molecule has 2 heterocycles. The number of H-pyrrole nitrogens is 1. The molecule has 0 aliphatic carbocycles. The molecule has 106 valence electrons. The van der Waals surface area contributed by atoms with Gasteiger partial charge in [0.25, 0.3) is 0 Å². The highest BCUT2D eigenvalue weighted by molar-refractivity contribution is 5.87. The fraction of sp³-hybridized carbons (Fsp3) is 0.615. The molecule has 0 atom stereocenters. The van der Waals surface area contributed by atoms with E-state index >= 15 is 0 Å². The van der Waals surface area contributed by atoms with Gasteiger partial charge in [-0.15, -0.1) is 0 Å². The summed E-state index contributed by atoms with van der Waals surface area (Å²) in [6.07, 6.45) is 0. The molecule has 0 radical (unpaired) electrons. The summed E-state index contributed by atoms with van der Waals surface area (Å²) < 4.78 is 9.95. The van der Waals surface area contributed by atoms with E-state index in [1.54, 1.807) is 6.07 Å². The van der Waals surface area contributed by atoms with Gasteiger partial charge in [0, 0.05) is 38.4 Å². The van der Waals surface area contributed by atoms with Crippen LogP contribution in [0, 0.1) is 0 Å². The maximum Gasteiger partial charge on any atom is 0.354 e. The lowest BCUT2D eigenvalue weighted by atomic mass is 10.4. The third-order valence-electron chi connectivity index (χ3n) is 3.18. The Kier molecular flexibility index (Phi) is 5.38. The number of ether oxygens (including phenoxy) is 2. The van der Waals surface area contributed by atoms with Gasteiger partial charge in [-0.2, -0.15) is 0 Å². The zero-order valence-corrected chi connectivity index (χ0v) is 11.3. The lowest BCUT2D eigenvalue weighted by Crippen LogP contribution is -2.40. The molecule has 1 aliphatic rings. The van der Waals surface area contributed by atoms with Gasteiger partial charge in [0.2, 0.25) is 0 Å². The van der Waals surface area contributed by atoms with Gasteiger partial charge in [-0.3, -0.25) is 4.90 Å². The Morgan fingerprint density at radius 3 is 3.00 bits per heavy atom. The van der Waals surface area contributed by atoms with E-state index < -0.39 is 0 Å². The van der Waals surface area contributed by atoms with Crippen LogP contribution in [0.4, 0.5) is 0 Å². The standard InChI is InChI=1S/C13H21N3O3/c1-18-13(17)12-3-2-11(15-12)10-14-4-5-16-6-8-19-9-7-16/h2-3,14-15H,4-10H2,1H3. The molecule has 0 bridgehead atoms. The van der Waals surface area contributed by atoms with Gasteiger partial charge in [0.1, 0.15) is 5.69 Å². The predicted molar refractivity (Wildman–Crippen MR) is 71.1 cm³/mol. The smallest absolute Gasteiger partial charge is 0.354 e. The first-order valence-electron chi connectivity index (χ1n) is 6.56. The molecule has 0 unspecified atom stereocenters. The molecule has 0 amide bonds. The highest BCUT2D eigenvalue weighted by Gasteiger charge is 2.10. The number of esters is 1. The van der Waals surface area contributed by atoms with Crippen LogP contribution in [0.1, 0.15) is 16.2 Å². The number of carbonyl (C=O) groups is 1. The van der Waals surface area contributed by atoms with Gasteiger partial charge < -0.3 is 19.8 Å². The number of aromatic amines is 1. The van der Waals surface area contributed by atoms with Gasteiger partial charge in [0.05, 0.1) is 20.3 Å². The molecule has 1 aliphatic heterocycles. The molecule has 19 heavy (non-hydrogen) atoms. The summed E-state index contributed by atoms with van der Waals surface area (Å²) in [6.45, 7) is 6.35. The van der Waals surface area contributed by atoms with Crippen molar-refractivity contribution < 1.29 is 14.3 Å². The first kappa shape index (κ1) is 14.0. The number of nitrogens with zero attached hydrogens (tertiary/aromatic N) is 1. The number of rotatable bonds is 6. The molecule has 1 aromatic heterocycles. The number of nitrogens with one attached hydrogen (secondary N) is 2. The summed E-state index contributed by atoms with van der Waals surface area (Å²) in [5, 5.41) is 3.35. The monoisotopic (exact) mass is 267 g/mol. The van der Waals surface area contributed by atoms with E-state index in [1.807, 2.05) is 6.07 Å². The molecule has 2 rings (SSSR count). The van der Waals surface area contributed by atoms with Crippen LogP contribution in [0.5, 0.6) is 0 Å². The summed E-state index contributed by atoms with van der Waals surface area (Å²) >= 11 is 0. The zero-order valence-electron chi connectivity index (χ0n) is 11.3. The van der Waals surface area contributed by atoms with E-state index in [4.69, 9.17) is 4.74 Å². The van der Waals surface area contributed by atoms with Gasteiger partial charge in [-0.1, -0.05) is 0 Å². The van der Waals surface area contributed by atoms with E-state index in [-0.39, 0.29) is 5.97 Å². The third kappa shape index (κ3) is 4.34. The maximum atomic E-state index is 11.3. The Labute approximate surface area is 113 Å². The summed E-state index contributed by atoms with van der Waals surface area (Å²) in [5.41, 5.74) is 1.48. The van der Waals surface area contributed by atoms with Crippen LogP contribution < -0.4 is 5.32 Å². The normalized spacial score (nSPS) is 16.5. The van der Waals surface area contributed by atoms with Crippen molar-refractivity contribution in [1.82, 2.24) is 15.2 Å². The molecule has 2 N–H and O–H groups in total. The maximum absolute atomic E-state index is 11.3. The number of methoxy groups -OCH3 is 1. The van der Waals surface area contributed by atoms with Crippen molar-refractivity contribution in [2.24, 2.45) is 0 Å². The lowest BCUT2D eigenvalue weighted by Gasteiger charge is -2.26. The van der Waals surface area contributed by atoms with Crippen molar-refractivity contribution in [3.8, 4) is 0 Å². The Morgan fingerprint density at radius 1 is 1.47 bits per heavy atom. The van der Waals surface area contributed by atoms with Crippen LogP contribution in [0.25, 0.3) is 0 Å². The van der Waals surface area contributed by atoms with Gasteiger partial charge in [-0.05, 0) is 12.1 Å². The summed E-state index contributed by atoms with van der Waals surface area (Å²) in [4.78, 5) is 16.7. The molecule has 0 saturated carbocycles. The third-order valence-corrected chi connectivity index (χ3v) is 3.18. The van der Waals surface area contributed by atoms with Crippen LogP contribution in [0.15, 0.2) is 12.1 Å². The van der Waals surface area contributed by atoms with Crippen molar-refractivity contribution in [1.29, 1.82) is 0 Å². The Bertz CT molecular complexity index is 400. The van der Waals surface area contributed by atoms with E-state index in [2.05, 4.69) is 19.9 Å². The van der Waals surface area contributed by atoms with Crippen LogP contribution in [0.2, 0.25) is 0 Å². The van der Waals surface area contributed by atoms with Gasteiger partial charge in [0.15, 0.2) is 0 Å². The van der Waals surface area contributed by atoms with Crippen LogP contribution in [-0.2, 0) is 16.0 Å². The average molecular weight is 267 g/mol. The van der Waals surface area contributed by atoms with Crippen molar-refractivity contribution >= 4 is 5.97 Å². The van der Waals surface area contributed by atoms with Gasteiger partial charge >= 0.3 is 5.97 Å². The average Bonchev–Trinajstić information content (AvgIpc) is 2.93. The summed E-state index contributed by atoms with van der Waals surface area (Å²) in [6, 6.07) is 3.64. The Morgan fingerprint density at radius 2 is 2.26 bits per heavy atom. The highest BCUT2D eigenvalue weighted by atomic mass is 16.5. The number of morpholine rings is 1. The van der Waals surface area contributed by atoms with E-state index in [0.29, 0.717) is 5.69 Å². The number of hydrogen-bond acceptors (Lipinski definition) is 5. The minimum atomic E-state index is -0.334. The Hall–Kier alpha value is -1.37. The minimum Gasteiger partial charge on any atom is -0.464 e. The second-order valence-corrected chi connectivity index (χ2v) is 4.52. The van der Waals surface area contributed by atoms with Crippen LogP contribution in [0.3, 0.4) is 0 Å². The predicted octanol–water partition coefficient (Wildman–Crippen LogP) is 0.223. The second kappa shape index (κ2) is 7.28. The molecular weight excluding hydrogens is 246 g/mol. The number of aromatic nitrogens is 1. The second-order valence-electron chi connectivity index (χ2n) is 4.52. The van der Waals surface area contributed by atoms with Crippen molar-refractivity contribution in [3.63, 3.8) is 0 Å².